The average molecular weight is 603 g/mol. The summed E-state index contributed by atoms with van der Waals surface area (Å²) in [6.07, 6.45) is 13.3. The Morgan fingerprint density at radius 1 is 0.279 bits per heavy atom. The van der Waals surface area contributed by atoms with Crippen LogP contribution in [0.4, 0.5) is 0 Å². The standard InChI is InChI=1S/C13H26.C11H22.C10H20.C9H18/c1-9(2)13(10(3)4)11(5,6)12(13,7)8;1-9(2)11(10(3)4)7-5-6-8-11;1-8(2)10(9(3)4)6-5-7-10;1-7(2)9(5-6-9)8(3)4/h9-10H,1-8H3;9-10H,5-8H2,1-4H3;8-9H,5-7H2,1-4H3;7-8H,5-6H2,1-4H3. The fourth-order valence-corrected chi connectivity index (χ4v) is 12.2. The molecule has 0 aromatic carbocycles. The van der Waals surface area contributed by atoms with Gasteiger partial charge in [-0.15, -0.1) is 0 Å². The zero-order valence-corrected chi connectivity index (χ0v) is 34.0. The third kappa shape index (κ3) is 7.45. The Kier molecular flexibility index (Phi) is 14.1. The number of hydrogen-bond acceptors (Lipinski definition) is 0. The van der Waals surface area contributed by atoms with Crippen LogP contribution in [0.5, 0.6) is 0 Å². The minimum absolute atomic E-state index is 0.502. The van der Waals surface area contributed by atoms with E-state index in [-0.39, 0.29) is 0 Å². The first-order valence-electron chi connectivity index (χ1n) is 19.4. The topological polar surface area (TPSA) is 0 Å². The number of rotatable bonds is 8. The molecular formula is C43H86. The van der Waals surface area contributed by atoms with Crippen LogP contribution in [0.3, 0.4) is 0 Å². The molecule has 0 atom stereocenters. The molecule has 0 amide bonds. The summed E-state index contributed by atoms with van der Waals surface area (Å²) >= 11 is 0. The summed E-state index contributed by atoms with van der Waals surface area (Å²) < 4.78 is 0. The van der Waals surface area contributed by atoms with Crippen molar-refractivity contribution in [2.45, 2.75) is 196 Å². The minimum Gasteiger partial charge on any atom is -0.0622 e. The predicted octanol–water partition coefficient (Wildman–Crippen LogP) is 14.8. The minimum atomic E-state index is 0.502. The van der Waals surface area contributed by atoms with E-state index in [1.165, 1.54) is 57.8 Å². The molecule has 0 N–H and O–H groups in total. The van der Waals surface area contributed by atoms with Crippen LogP contribution in [0.2, 0.25) is 0 Å². The van der Waals surface area contributed by atoms with Gasteiger partial charge in [-0.25, -0.2) is 0 Å². The second-order valence-corrected chi connectivity index (χ2v) is 19.6. The fraction of sp³-hybridized carbons (Fsp3) is 1.00. The summed E-state index contributed by atoms with van der Waals surface area (Å²) in [5.41, 5.74) is 3.71. The molecule has 0 spiro atoms. The van der Waals surface area contributed by atoms with Crippen molar-refractivity contribution in [2.75, 3.05) is 0 Å². The van der Waals surface area contributed by atoms with Crippen molar-refractivity contribution in [3.8, 4) is 0 Å². The molecule has 4 aliphatic carbocycles. The predicted molar refractivity (Wildman–Crippen MR) is 198 cm³/mol. The van der Waals surface area contributed by atoms with Crippen LogP contribution in [0.15, 0.2) is 0 Å². The lowest BCUT2D eigenvalue weighted by Crippen LogP contribution is -2.39. The monoisotopic (exact) mass is 603 g/mol. The molecule has 4 saturated carbocycles. The zero-order valence-electron chi connectivity index (χ0n) is 34.0. The van der Waals surface area contributed by atoms with E-state index in [0.717, 1.165) is 58.2 Å². The molecule has 4 rings (SSSR count). The maximum Gasteiger partial charge on any atom is -0.0138 e. The smallest absolute Gasteiger partial charge is 0.0138 e. The maximum absolute atomic E-state index is 2.44. The van der Waals surface area contributed by atoms with Gasteiger partial charge in [-0.05, 0) is 118 Å². The molecule has 0 bridgehead atoms. The average Bonchev–Trinajstić information content (AvgIpc) is 3.58. The van der Waals surface area contributed by atoms with Crippen molar-refractivity contribution >= 4 is 0 Å². The lowest BCUT2D eigenvalue weighted by molar-refractivity contribution is 0.0135. The molecule has 4 fully saturated rings. The Morgan fingerprint density at radius 3 is 0.535 bits per heavy atom. The van der Waals surface area contributed by atoms with Crippen molar-refractivity contribution in [1.82, 2.24) is 0 Å². The molecule has 0 aromatic heterocycles. The van der Waals surface area contributed by atoms with Gasteiger partial charge in [-0.2, -0.15) is 0 Å². The first-order chi connectivity index (χ1) is 19.4. The maximum atomic E-state index is 2.44. The van der Waals surface area contributed by atoms with Crippen LogP contribution in [-0.4, -0.2) is 0 Å². The lowest BCUT2D eigenvalue weighted by Gasteiger charge is -2.49. The Hall–Kier alpha value is 0. The Balaban J connectivity index is 0.000000289. The van der Waals surface area contributed by atoms with Gasteiger partial charge in [0.05, 0.1) is 0 Å². The van der Waals surface area contributed by atoms with E-state index in [1.54, 1.807) is 0 Å². The molecule has 0 saturated heterocycles. The molecule has 0 heteroatoms. The van der Waals surface area contributed by atoms with Gasteiger partial charge >= 0.3 is 0 Å². The van der Waals surface area contributed by atoms with Crippen molar-refractivity contribution in [3.63, 3.8) is 0 Å². The first-order valence-corrected chi connectivity index (χ1v) is 19.4. The lowest BCUT2D eigenvalue weighted by atomic mass is 9.56. The highest BCUT2D eigenvalue weighted by Crippen LogP contribution is 2.83. The third-order valence-electron chi connectivity index (χ3n) is 15.9. The van der Waals surface area contributed by atoms with E-state index in [2.05, 4.69) is 138 Å². The molecule has 0 heterocycles. The van der Waals surface area contributed by atoms with Crippen LogP contribution in [0, 0.1) is 79.8 Å². The quantitative estimate of drug-likeness (QED) is 0.259. The molecule has 0 aromatic rings. The van der Waals surface area contributed by atoms with E-state index in [1.807, 2.05) is 0 Å². The second kappa shape index (κ2) is 14.8. The van der Waals surface area contributed by atoms with Crippen LogP contribution < -0.4 is 0 Å². The zero-order chi connectivity index (χ0) is 34.0. The van der Waals surface area contributed by atoms with Crippen molar-refractivity contribution < 1.29 is 0 Å². The van der Waals surface area contributed by atoms with Crippen LogP contribution in [0.25, 0.3) is 0 Å². The third-order valence-corrected chi connectivity index (χ3v) is 15.9. The van der Waals surface area contributed by atoms with Gasteiger partial charge in [0.15, 0.2) is 0 Å². The highest BCUT2D eigenvalue weighted by Gasteiger charge is 2.78. The van der Waals surface area contributed by atoms with Crippen LogP contribution >= 0.6 is 0 Å². The molecule has 0 nitrogen and oxygen atoms in total. The van der Waals surface area contributed by atoms with E-state index in [0.29, 0.717) is 21.7 Å². The molecule has 4 aliphatic rings. The van der Waals surface area contributed by atoms with Gasteiger partial charge in [0.25, 0.3) is 0 Å². The van der Waals surface area contributed by atoms with Gasteiger partial charge < -0.3 is 0 Å². The number of hydrogen-bond donors (Lipinski definition) is 0. The molecule has 0 unspecified atom stereocenters. The highest BCUT2D eigenvalue weighted by atomic mass is 14.8. The molecule has 258 valence electrons. The normalized spacial score (nSPS) is 24.8. The van der Waals surface area contributed by atoms with Crippen molar-refractivity contribution in [2.24, 2.45) is 79.8 Å². The summed E-state index contributed by atoms with van der Waals surface area (Å²) in [7, 11) is 0. The summed E-state index contributed by atoms with van der Waals surface area (Å²) in [4.78, 5) is 0. The summed E-state index contributed by atoms with van der Waals surface area (Å²) in [6, 6.07) is 0. The first kappa shape index (κ1) is 41.0. The van der Waals surface area contributed by atoms with E-state index in [9.17, 15) is 0 Å². The Labute approximate surface area is 275 Å². The van der Waals surface area contributed by atoms with Gasteiger partial charge in [0.2, 0.25) is 0 Å². The summed E-state index contributed by atoms with van der Waals surface area (Å²) in [5.74, 6) is 6.92. The highest BCUT2D eigenvalue weighted by molar-refractivity contribution is 5.25. The van der Waals surface area contributed by atoms with E-state index in [4.69, 9.17) is 0 Å². The molecule has 0 radical (unpaired) electrons. The SMILES string of the molecule is CC(C)C1(C(C)C)C(C)(C)C1(C)C.CC(C)C1(C(C)C)CC1.CC(C)C1(C(C)C)CCC1.CC(C)C1(C(C)C)CCCC1. The Bertz CT molecular complexity index is 743. The second-order valence-electron chi connectivity index (χ2n) is 19.6. The Morgan fingerprint density at radius 2 is 0.488 bits per heavy atom. The summed E-state index contributed by atoms with van der Waals surface area (Å²) in [6.45, 7) is 47.8. The van der Waals surface area contributed by atoms with Gasteiger partial charge in [-0.3, -0.25) is 0 Å². The van der Waals surface area contributed by atoms with Crippen LogP contribution in [0.1, 0.15) is 196 Å². The van der Waals surface area contributed by atoms with Gasteiger partial charge in [0.1, 0.15) is 0 Å². The molecular weight excluding hydrogens is 516 g/mol. The van der Waals surface area contributed by atoms with Gasteiger partial charge in [0, 0.05) is 0 Å². The largest absolute Gasteiger partial charge is 0.0622 e. The summed E-state index contributed by atoms with van der Waals surface area (Å²) in [5, 5.41) is 0. The fourth-order valence-electron chi connectivity index (χ4n) is 12.2. The van der Waals surface area contributed by atoms with Crippen molar-refractivity contribution in [3.05, 3.63) is 0 Å². The molecule has 0 aliphatic heterocycles. The van der Waals surface area contributed by atoms with E-state index < -0.39 is 0 Å². The van der Waals surface area contributed by atoms with Crippen LogP contribution in [-0.2, 0) is 0 Å². The van der Waals surface area contributed by atoms with Gasteiger partial charge in [-0.1, -0.05) is 158 Å². The van der Waals surface area contributed by atoms with Crippen molar-refractivity contribution in [1.29, 1.82) is 0 Å². The van der Waals surface area contributed by atoms with E-state index >= 15 is 0 Å². The molecule has 43 heavy (non-hydrogen) atoms.